The summed E-state index contributed by atoms with van der Waals surface area (Å²) in [5, 5.41) is 7.47. The molecule has 0 bridgehead atoms. The van der Waals surface area contributed by atoms with E-state index in [0.717, 1.165) is 28.4 Å². The Morgan fingerprint density at radius 1 is 0.886 bits per heavy atom. The van der Waals surface area contributed by atoms with Gasteiger partial charge in [-0.3, -0.25) is 9.59 Å². The van der Waals surface area contributed by atoms with Crippen LogP contribution in [-0.2, 0) is 4.79 Å². The summed E-state index contributed by atoms with van der Waals surface area (Å²) in [5.74, 6) is 0.820. The van der Waals surface area contributed by atoms with E-state index in [9.17, 15) is 9.59 Å². The fourth-order valence-electron chi connectivity index (χ4n) is 5.13. The summed E-state index contributed by atoms with van der Waals surface area (Å²) in [6.45, 7) is 0. The van der Waals surface area contributed by atoms with Crippen LogP contribution in [0, 0.1) is 0 Å². The monoisotopic (exact) mass is 464 g/mol. The van der Waals surface area contributed by atoms with Gasteiger partial charge >= 0.3 is 0 Å². The molecule has 1 aliphatic heterocycles. The van der Waals surface area contributed by atoms with Gasteiger partial charge in [-0.05, 0) is 54.3 Å². The molecule has 0 radical (unpaired) electrons. The quantitative estimate of drug-likeness (QED) is 0.400. The van der Waals surface area contributed by atoms with Crippen molar-refractivity contribution in [2.45, 2.75) is 24.8 Å². The number of Topliss-reactive ketones (excluding diaryl/α,β-unsaturated/α-hetero) is 1. The van der Waals surface area contributed by atoms with Gasteiger partial charge in [-0.2, -0.15) is 0 Å². The van der Waals surface area contributed by atoms with Gasteiger partial charge in [0.25, 0.3) is 0 Å². The van der Waals surface area contributed by atoms with Crippen molar-refractivity contribution in [2.24, 2.45) is 0 Å². The molecule has 2 aliphatic rings. The van der Waals surface area contributed by atoms with Crippen molar-refractivity contribution in [3.63, 3.8) is 0 Å². The second kappa shape index (κ2) is 8.47. The normalized spacial score (nSPS) is 19.3. The first kappa shape index (κ1) is 21.2. The first-order chi connectivity index (χ1) is 17.1. The van der Waals surface area contributed by atoms with Crippen LogP contribution in [-0.4, -0.2) is 12.9 Å². The van der Waals surface area contributed by atoms with E-state index in [1.54, 1.807) is 19.2 Å². The first-order valence-electron chi connectivity index (χ1n) is 11.7. The SMILES string of the molecule is COc1ccc(C2CC(=O)C3=C(C2)Nc2ccccc2NC3c2coc3ccccc3c2=O)cc1. The molecule has 6 rings (SSSR count). The maximum Gasteiger partial charge on any atom is 0.198 e. The molecular weight excluding hydrogens is 440 g/mol. The molecule has 0 saturated heterocycles. The van der Waals surface area contributed by atoms with E-state index < -0.39 is 6.04 Å². The van der Waals surface area contributed by atoms with Crippen LogP contribution >= 0.6 is 0 Å². The highest BCUT2D eigenvalue weighted by Gasteiger charge is 2.37. The summed E-state index contributed by atoms with van der Waals surface area (Å²) >= 11 is 0. The Morgan fingerprint density at radius 2 is 1.63 bits per heavy atom. The largest absolute Gasteiger partial charge is 0.497 e. The summed E-state index contributed by atoms with van der Waals surface area (Å²) in [6.07, 6.45) is 2.50. The van der Waals surface area contributed by atoms with E-state index >= 15 is 0 Å². The van der Waals surface area contributed by atoms with Gasteiger partial charge in [-0.1, -0.05) is 36.4 Å². The number of methoxy groups -OCH3 is 1. The number of hydrogen-bond donors (Lipinski definition) is 2. The lowest BCUT2D eigenvalue weighted by Gasteiger charge is -2.29. The van der Waals surface area contributed by atoms with Crippen molar-refractivity contribution in [1.82, 2.24) is 0 Å². The minimum atomic E-state index is -0.619. The van der Waals surface area contributed by atoms with Gasteiger partial charge in [0.2, 0.25) is 0 Å². The lowest BCUT2D eigenvalue weighted by atomic mass is 9.78. The van der Waals surface area contributed by atoms with Crippen LogP contribution in [0.1, 0.15) is 35.9 Å². The highest BCUT2D eigenvalue weighted by Crippen LogP contribution is 2.44. The number of hydrogen-bond acceptors (Lipinski definition) is 6. The summed E-state index contributed by atoms with van der Waals surface area (Å²) in [7, 11) is 1.64. The van der Waals surface area contributed by atoms with Gasteiger partial charge in [0.05, 0.1) is 35.5 Å². The van der Waals surface area contributed by atoms with Crippen molar-refractivity contribution in [3.8, 4) is 5.75 Å². The predicted octanol–water partition coefficient (Wildman–Crippen LogP) is 5.78. The van der Waals surface area contributed by atoms with E-state index in [2.05, 4.69) is 10.6 Å². The Labute approximate surface area is 202 Å². The Morgan fingerprint density at radius 3 is 2.43 bits per heavy atom. The van der Waals surface area contributed by atoms with Crippen LogP contribution in [0.15, 0.2) is 99.5 Å². The number of ether oxygens (including phenoxy) is 1. The number of anilines is 2. The molecule has 4 aromatic rings. The maximum atomic E-state index is 13.7. The second-order valence-corrected chi connectivity index (χ2v) is 8.96. The Kier molecular flexibility index (Phi) is 5.14. The standard InChI is InChI=1S/C29H24N2O4/c1-34-19-12-10-17(11-13-19)18-14-24-27(25(32)15-18)28(31-23-8-4-3-7-22(23)30-24)21-16-35-26-9-5-2-6-20(26)29(21)33/h2-13,16,18,28,30-31H,14-15H2,1H3. The number of rotatable bonds is 3. The van der Waals surface area contributed by atoms with Gasteiger partial charge in [-0.25, -0.2) is 0 Å². The van der Waals surface area contributed by atoms with Crippen molar-refractivity contribution in [3.05, 3.63) is 112 Å². The molecule has 2 N–H and O–H groups in total. The maximum absolute atomic E-state index is 13.7. The molecule has 0 fully saturated rings. The van der Waals surface area contributed by atoms with Crippen LogP contribution < -0.4 is 20.8 Å². The molecule has 2 atom stereocenters. The number of carbonyl (C=O) groups excluding carboxylic acids is 1. The van der Waals surface area contributed by atoms with Crippen molar-refractivity contribution >= 4 is 28.1 Å². The molecule has 6 nitrogen and oxygen atoms in total. The molecule has 2 heterocycles. The van der Waals surface area contributed by atoms with Crippen LogP contribution in [0.2, 0.25) is 0 Å². The van der Waals surface area contributed by atoms with Gasteiger partial charge in [0.15, 0.2) is 11.2 Å². The van der Waals surface area contributed by atoms with E-state index in [-0.39, 0.29) is 17.1 Å². The Bertz CT molecular complexity index is 1530. The van der Waals surface area contributed by atoms with E-state index in [1.807, 2.05) is 60.7 Å². The third-order valence-electron chi connectivity index (χ3n) is 6.91. The summed E-state index contributed by atoms with van der Waals surface area (Å²) in [6, 6.07) is 22.2. The van der Waals surface area contributed by atoms with E-state index in [0.29, 0.717) is 34.9 Å². The van der Waals surface area contributed by atoms with Crippen molar-refractivity contribution in [1.29, 1.82) is 0 Å². The molecule has 6 heteroatoms. The molecule has 174 valence electrons. The second-order valence-electron chi connectivity index (χ2n) is 8.96. The summed E-state index contributed by atoms with van der Waals surface area (Å²) in [4.78, 5) is 27.2. The fourth-order valence-corrected chi connectivity index (χ4v) is 5.13. The molecule has 35 heavy (non-hydrogen) atoms. The van der Waals surface area contributed by atoms with Crippen LogP contribution in [0.4, 0.5) is 11.4 Å². The van der Waals surface area contributed by atoms with Crippen molar-refractivity contribution in [2.75, 3.05) is 17.7 Å². The zero-order valence-corrected chi connectivity index (χ0v) is 19.2. The number of carbonyl (C=O) groups is 1. The lowest BCUT2D eigenvalue weighted by molar-refractivity contribution is -0.116. The van der Waals surface area contributed by atoms with Gasteiger partial charge in [0.1, 0.15) is 17.6 Å². The van der Waals surface area contributed by atoms with Gasteiger partial charge in [0, 0.05) is 17.7 Å². The predicted molar refractivity (Wildman–Crippen MR) is 136 cm³/mol. The number of fused-ring (bicyclic) bond motifs is 2. The summed E-state index contributed by atoms with van der Waals surface area (Å²) < 4.78 is 11.1. The number of ketones is 1. The topological polar surface area (TPSA) is 80.6 Å². The first-order valence-corrected chi connectivity index (χ1v) is 11.7. The summed E-state index contributed by atoms with van der Waals surface area (Å²) in [5.41, 5.74) is 5.01. The highest BCUT2D eigenvalue weighted by molar-refractivity contribution is 6.01. The zero-order valence-electron chi connectivity index (χ0n) is 19.2. The molecule has 2 unspecified atom stereocenters. The smallest absolute Gasteiger partial charge is 0.198 e. The molecule has 3 aromatic carbocycles. The van der Waals surface area contributed by atoms with Crippen LogP contribution in [0.5, 0.6) is 5.75 Å². The van der Waals surface area contributed by atoms with Gasteiger partial charge in [-0.15, -0.1) is 0 Å². The van der Waals surface area contributed by atoms with E-state index in [4.69, 9.17) is 9.15 Å². The average Bonchev–Trinajstić information content (AvgIpc) is 3.06. The third kappa shape index (κ3) is 3.67. The third-order valence-corrected chi connectivity index (χ3v) is 6.91. The van der Waals surface area contributed by atoms with E-state index in [1.165, 1.54) is 6.26 Å². The number of para-hydroxylation sites is 3. The van der Waals surface area contributed by atoms with Crippen molar-refractivity contribution < 1.29 is 13.9 Å². The fraction of sp³-hybridized carbons (Fsp3) is 0.172. The minimum absolute atomic E-state index is 0.0115. The number of nitrogens with one attached hydrogen (secondary N) is 2. The Hall–Kier alpha value is -4.32. The molecule has 1 aliphatic carbocycles. The Balaban J connectivity index is 1.48. The highest BCUT2D eigenvalue weighted by atomic mass is 16.5. The van der Waals surface area contributed by atoms with Crippen LogP contribution in [0.3, 0.4) is 0 Å². The molecular formula is C29H24N2O4. The lowest BCUT2D eigenvalue weighted by Crippen LogP contribution is -2.29. The van der Waals surface area contributed by atoms with Gasteiger partial charge < -0.3 is 19.8 Å². The average molecular weight is 465 g/mol. The molecule has 0 amide bonds. The minimum Gasteiger partial charge on any atom is -0.497 e. The van der Waals surface area contributed by atoms with Crippen LogP contribution in [0.25, 0.3) is 11.0 Å². The zero-order chi connectivity index (χ0) is 23.9. The molecule has 0 spiro atoms. The number of allylic oxidation sites excluding steroid dienone is 1. The number of benzene rings is 3. The molecule has 1 aromatic heterocycles. The molecule has 0 saturated carbocycles.